The van der Waals surface area contributed by atoms with Crippen LogP contribution in [0, 0.1) is 10.1 Å². The van der Waals surface area contributed by atoms with E-state index in [1.165, 1.54) is 24.3 Å². The van der Waals surface area contributed by atoms with Crippen LogP contribution in [0.15, 0.2) is 29.8 Å². The number of benzene rings is 1. The maximum atomic E-state index is 11.3. The van der Waals surface area contributed by atoms with Gasteiger partial charge in [-0.3, -0.25) is 14.9 Å². The van der Waals surface area contributed by atoms with Crippen LogP contribution in [-0.4, -0.2) is 23.3 Å². The number of cyclic esters (lactones) is 1. The second-order valence-corrected chi connectivity index (χ2v) is 3.43. The zero-order valence-corrected chi connectivity index (χ0v) is 8.58. The SMILES string of the molecule is O=C1OCC(=Cc2cccc([N+](=O)[O-])c2)C1=O. The first kappa shape index (κ1) is 11.0. The topological polar surface area (TPSA) is 86.5 Å². The summed E-state index contributed by atoms with van der Waals surface area (Å²) >= 11 is 0. The number of hydrogen-bond acceptors (Lipinski definition) is 5. The molecule has 0 saturated carbocycles. The van der Waals surface area contributed by atoms with E-state index in [0.717, 1.165) is 0 Å². The zero-order valence-electron chi connectivity index (χ0n) is 8.58. The highest BCUT2D eigenvalue weighted by molar-refractivity contribution is 6.43. The molecule has 1 heterocycles. The van der Waals surface area contributed by atoms with Crippen molar-refractivity contribution in [1.29, 1.82) is 0 Å². The molecule has 0 aromatic heterocycles. The van der Waals surface area contributed by atoms with E-state index < -0.39 is 16.7 Å². The Bertz CT molecular complexity index is 547. The summed E-state index contributed by atoms with van der Waals surface area (Å²) in [5.41, 5.74) is 0.619. The van der Waals surface area contributed by atoms with Crippen molar-refractivity contribution < 1.29 is 19.2 Å². The fourth-order valence-corrected chi connectivity index (χ4v) is 1.44. The Morgan fingerprint density at radius 2 is 2.12 bits per heavy atom. The van der Waals surface area contributed by atoms with Gasteiger partial charge in [0.2, 0.25) is 0 Å². The first-order valence-electron chi connectivity index (χ1n) is 4.74. The second kappa shape index (κ2) is 4.17. The van der Waals surface area contributed by atoms with Crippen LogP contribution in [0.3, 0.4) is 0 Å². The third-order valence-electron chi connectivity index (χ3n) is 2.26. The van der Waals surface area contributed by atoms with Crippen LogP contribution in [0.4, 0.5) is 5.69 Å². The molecule has 0 amide bonds. The molecule has 6 nitrogen and oxygen atoms in total. The van der Waals surface area contributed by atoms with Crippen molar-refractivity contribution in [1.82, 2.24) is 0 Å². The van der Waals surface area contributed by atoms with E-state index in [2.05, 4.69) is 4.74 Å². The molecule has 17 heavy (non-hydrogen) atoms. The minimum atomic E-state index is -0.887. The molecule has 1 saturated heterocycles. The molecule has 0 aliphatic carbocycles. The lowest BCUT2D eigenvalue weighted by molar-refractivity contribution is -0.384. The van der Waals surface area contributed by atoms with Gasteiger partial charge in [0.25, 0.3) is 11.5 Å². The van der Waals surface area contributed by atoms with E-state index in [0.29, 0.717) is 5.56 Å². The highest BCUT2D eigenvalue weighted by Crippen LogP contribution is 2.18. The van der Waals surface area contributed by atoms with Gasteiger partial charge >= 0.3 is 5.97 Å². The number of carbonyl (C=O) groups is 2. The van der Waals surface area contributed by atoms with Gasteiger partial charge < -0.3 is 4.74 Å². The average Bonchev–Trinajstić information content (AvgIpc) is 2.61. The van der Waals surface area contributed by atoms with Gasteiger partial charge in [0.1, 0.15) is 6.61 Å². The summed E-state index contributed by atoms with van der Waals surface area (Å²) in [6.07, 6.45) is 1.42. The second-order valence-electron chi connectivity index (χ2n) is 3.43. The van der Waals surface area contributed by atoms with Gasteiger partial charge in [-0.2, -0.15) is 0 Å². The third kappa shape index (κ3) is 2.20. The van der Waals surface area contributed by atoms with E-state index in [4.69, 9.17) is 0 Å². The van der Waals surface area contributed by atoms with Crippen LogP contribution < -0.4 is 0 Å². The van der Waals surface area contributed by atoms with E-state index in [-0.39, 0.29) is 17.9 Å². The average molecular weight is 233 g/mol. The molecule has 6 heteroatoms. The van der Waals surface area contributed by atoms with Crippen molar-refractivity contribution in [2.24, 2.45) is 0 Å². The summed E-state index contributed by atoms with van der Waals surface area (Å²) in [5, 5.41) is 10.5. The summed E-state index contributed by atoms with van der Waals surface area (Å²) in [6, 6.07) is 5.78. The number of nitro benzene ring substituents is 1. The number of Topliss-reactive ketones (excluding diaryl/α,β-unsaturated/α-hetero) is 1. The predicted molar refractivity (Wildman–Crippen MR) is 57.0 cm³/mol. The van der Waals surface area contributed by atoms with E-state index in [9.17, 15) is 19.7 Å². The van der Waals surface area contributed by atoms with E-state index >= 15 is 0 Å². The molecule has 0 radical (unpaired) electrons. The lowest BCUT2D eigenvalue weighted by Gasteiger charge is -1.95. The Hall–Kier alpha value is -2.50. The number of hydrogen-bond donors (Lipinski definition) is 0. The first-order chi connectivity index (χ1) is 8.08. The normalized spacial score (nSPS) is 17.3. The van der Waals surface area contributed by atoms with Gasteiger partial charge in [0.05, 0.1) is 4.92 Å². The van der Waals surface area contributed by atoms with Crippen molar-refractivity contribution in [3.63, 3.8) is 0 Å². The van der Waals surface area contributed by atoms with Gasteiger partial charge in [0, 0.05) is 17.7 Å². The monoisotopic (exact) mass is 233 g/mol. The Labute approximate surface area is 95.7 Å². The number of rotatable bonds is 2. The number of non-ortho nitro benzene ring substituents is 1. The summed E-state index contributed by atoms with van der Waals surface area (Å²) in [4.78, 5) is 32.1. The number of esters is 1. The number of ketones is 1. The van der Waals surface area contributed by atoms with Crippen molar-refractivity contribution in [3.8, 4) is 0 Å². The van der Waals surface area contributed by atoms with Gasteiger partial charge in [0.15, 0.2) is 0 Å². The van der Waals surface area contributed by atoms with Crippen LogP contribution in [0.25, 0.3) is 6.08 Å². The molecule has 0 spiro atoms. The lowest BCUT2D eigenvalue weighted by atomic mass is 10.1. The molecule has 1 aliphatic heterocycles. The third-order valence-corrected chi connectivity index (χ3v) is 2.26. The Kier molecular flexibility index (Phi) is 2.70. The molecular formula is C11H7NO5. The molecule has 2 rings (SSSR count). The minimum absolute atomic E-state index is 0.0722. The summed E-state index contributed by atoms with van der Waals surface area (Å²) < 4.78 is 4.54. The summed E-state index contributed by atoms with van der Waals surface area (Å²) in [7, 11) is 0. The highest BCUT2D eigenvalue weighted by Gasteiger charge is 2.28. The summed E-state index contributed by atoms with van der Waals surface area (Å²) in [6.45, 7) is -0.0830. The molecule has 0 unspecified atom stereocenters. The standard InChI is InChI=1S/C11H7NO5/c13-10-8(6-17-11(10)14)4-7-2-1-3-9(5-7)12(15)16/h1-5H,6H2. The van der Waals surface area contributed by atoms with Crippen molar-refractivity contribution >= 4 is 23.5 Å². The number of nitro groups is 1. The van der Waals surface area contributed by atoms with Crippen LogP contribution in [0.2, 0.25) is 0 Å². The van der Waals surface area contributed by atoms with Crippen LogP contribution >= 0.6 is 0 Å². The molecule has 1 fully saturated rings. The fraction of sp³-hybridized carbons (Fsp3) is 0.0909. The van der Waals surface area contributed by atoms with Gasteiger partial charge in [-0.15, -0.1) is 0 Å². The molecule has 0 atom stereocenters. The molecule has 86 valence electrons. The maximum absolute atomic E-state index is 11.3. The van der Waals surface area contributed by atoms with Gasteiger partial charge in [-0.1, -0.05) is 12.1 Å². The fourth-order valence-electron chi connectivity index (χ4n) is 1.44. The number of nitrogens with zero attached hydrogens (tertiary/aromatic N) is 1. The number of ether oxygens (including phenoxy) is 1. The smallest absolute Gasteiger partial charge is 0.379 e. The predicted octanol–water partition coefficient (Wildman–Crippen LogP) is 1.10. The molecule has 0 N–H and O–H groups in total. The van der Waals surface area contributed by atoms with Crippen molar-refractivity contribution in [3.05, 3.63) is 45.5 Å². The quantitative estimate of drug-likeness (QED) is 0.251. The molecule has 1 aromatic carbocycles. The van der Waals surface area contributed by atoms with Crippen LogP contribution in [-0.2, 0) is 14.3 Å². The summed E-state index contributed by atoms with van der Waals surface area (Å²) in [5.74, 6) is -1.59. The van der Waals surface area contributed by atoms with Crippen LogP contribution in [0.1, 0.15) is 5.56 Å². The Morgan fingerprint density at radius 1 is 1.35 bits per heavy atom. The Balaban J connectivity index is 2.33. The van der Waals surface area contributed by atoms with E-state index in [1.807, 2.05) is 0 Å². The van der Waals surface area contributed by atoms with Gasteiger partial charge in [-0.05, 0) is 11.6 Å². The maximum Gasteiger partial charge on any atom is 0.379 e. The first-order valence-corrected chi connectivity index (χ1v) is 4.74. The largest absolute Gasteiger partial charge is 0.455 e. The molecular weight excluding hydrogens is 226 g/mol. The zero-order chi connectivity index (χ0) is 12.4. The minimum Gasteiger partial charge on any atom is -0.455 e. The lowest BCUT2D eigenvalue weighted by Crippen LogP contribution is -2.06. The molecule has 1 aromatic rings. The van der Waals surface area contributed by atoms with E-state index in [1.54, 1.807) is 6.07 Å². The van der Waals surface area contributed by atoms with Crippen LogP contribution in [0.5, 0.6) is 0 Å². The van der Waals surface area contributed by atoms with Gasteiger partial charge in [-0.25, -0.2) is 4.79 Å². The highest BCUT2D eigenvalue weighted by atomic mass is 16.6. The number of carbonyl (C=O) groups excluding carboxylic acids is 2. The van der Waals surface area contributed by atoms with Crippen molar-refractivity contribution in [2.45, 2.75) is 0 Å². The molecule has 1 aliphatic rings. The van der Waals surface area contributed by atoms with Crippen molar-refractivity contribution in [2.75, 3.05) is 6.61 Å². The Morgan fingerprint density at radius 3 is 2.71 bits per heavy atom. The molecule has 0 bridgehead atoms.